The molecule has 6 nitrogen and oxygen atoms in total. The quantitative estimate of drug-likeness (QED) is 0.739. The summed E-state index contributed by atoms with van der Waals surface area (Å²) in [7, 11) is 0. The van der Waals surface area contributed by atoms with Crippen LogP contribution in [0, 0.1) is 0 Å². The van der Waals surface area contributed by atoms with E-state index in [2.05, 4.69) is 17.1 Å². The van der Waals surface area contributed by atoms with Crippen LogP contribution in [0.4, 0.5) is 0 Å². The van der Waals surface area contributed by atoms with E-state index in [1.807, 2.05) is 11.8 Å². The molecular weight excluding hydrogens is 222 g/mol. The summed E-state index contributed by atoms with van der Waals surface area (Å²) in [5.41, 5.74) is 0. The normalized spacial score (nSPS) is 11.0. The predicted molar refractivity (Wildman–Crippen MR) is 61.5 cm³/mol. The fraction of sp³-hybridized carbons (Fsp3) is 0.727. The van der Waals surface area contributed by atoms with Gasteiger partial charge in [0, 0.05) is 13.0 Å². The van der Waals surface area contributed by atoms with Crippen molar-refractivity contribution in [2.45, 2.75) is 39.7 Å². The van der Waals surface area contributed by atoms with Crippen LogP contribution in [-0.4, -0.2) is 39.2 Å². The first-order valence-electron chi connectivity index (χ1n) is 5.91. The maximum Gasteiger partial charge on any atom is 0.304 e. The highest BCUT2D eigenvalue weighted by molar-refractivity contribution is 5.66. The van der Waals surface area contributed by atoms with Crippen molar-refractivity contribution in [1.29, 1.82) is 0 Å². The van der Waals surface area contributed by atoms with E-state index in [1.165, 1.54) is 0 Å². The van der Waals surface area contributed by atoms with Crippen molar-refractivity contribution in [3.05, 3.63) is 11.7 Å². The molecule has 6 heteroatoms. The molecule has 0 spiro atoms. The first kappa shape index (κ1) is 13.6. The summed E-state index contributed by atoms with van der Waals surface area (Å²) in [5.74, 6) is 0.487. The van der Waals surface area contributed by atoms with Crippen molar-refractivity contribution in [2.75, 3.05) is 13.1 Å². The second-order valence-corrected chi connectivity index (χ2v) is 3.87. The van der Waals surface area contributed by atoms with Gasteiger partial charge in [0.25, 0.3) is 0 Å². The number of aromatic nitrogens is 2. The molecule has 0 aromatic carbocycles. The zero-order valence-corrected chi connectivity index (χ0v) is 10.3. The number of aryl methyl sites for hydroxylation is 1. The molecule has 17 heavy (non-hydrogen) atoms. The van der Waals surface area contributed by atoms with E-state index in [0.29, 0.717) is 24.8 Å². The monoisotopic (exact) mass is 241 g/mol. The molecule has 0 atom stereocenters. The number of aliphatic carboxylic acids is 1. The number of carboxylic acids is 1. The molecule has 0 bridgehead atoms. The van der Waals surface area contributed by atoms with E-state index >= 15 is 0 Å². The first-order chi connectivity index (χ1) is 8.15. The summed E-state index contributed by atoms with van der Waals surface area (Å²) < 4.78 is 5.07. The Kier molecular flexibility index (Phi) is 5.62. The summed E-state index contributed by atoms with van der Waals surface area (Å²) in [6.07, 6.45) is 1.89. The minimum absolute atomic E-state index is 0.132. The Morgan fingerprint density at radius 2 is 2.24 bits per heavy atom. The molecule has 0 saturated heterocycles. The molecular formula is C11H19N3O3. The molecule has 0 amide bonds. The minimum Gasteiger partial charge on any atom is -0.481 e. The molecule has 1 rings (SSSR count). The van der Waals surface area contributed by atoms with E-state index < -0.39 is 5.97 Å². The number of hydrogen-bond donors (Lipinski definition) is 1. The summed E-state index contributed by atoms with van der Waals surface area (Å²) in [5, 5.41) is 12.5. The highest BCUT2D eigenvalue weighted by atomic mass is 16.5. The van der Waals surface area contributed by atoms with Crippen molar-refractivity contribution in [2.24, 2.45) is 0 Å². The van der Waals surface area contributed by atoms with Crippen LogP contribution in [0.25, 0.3) is 0 Å². The van der Waals surface area contributed by atoms with Gasteiger partial charge in [-0.15, -0.1) is 0 Å². The fourth-order valence-corrected chi connectivity index (χ4v) is 1.47. The van der Waals surface area contributed by atoms with E-state index in [4.69, 9.17) is 9.63 Å². The van der Waals surface area contributed by atoms with Crippen LogP contribution in [0.2, 0.25) is 0 Å². The van der Waals surface area contributed by atoms with Crippen molar-refractivity contribution >= 4 is 5.97 Å². The van der Waals surface area contributed by atoms with Gasteiger partial charge in [0.1, 0.15) is 0 Å². The van der Waals surface area contributed by atoms with Crippen LogP contribution in [0.1, 0.15) is 38.4 Å². The Balaban J connectivity index is 2.45. The van der Waals surface area contributed by atoms with Gasteiger partial charge in [-0.1, -0.05) is 19.0 Å². The molecule has 96 valence electrons. The van der Waals surface area contributed by atoms with Gasteiger partial charge in [0.05, 0.1) is 13.0 Å². The number of carboxylic acid groups (broad SMARTS) is 1. The lowest BCUT2D eigenvalue weighted by Crippen LogP contribution is -2.26. The third kappa shape index (κ3) is 4.95. The maximum absolute atomic E-state index is 10.5. The van der Waals surface area contributed by atoms with Crippen molar-refractivity contribution in [3.8, 4) is 0 Å². The molecule has 1 aromatic heterocycles. The second kappa shape index (κ2) is 7.01. The second-order valence-electron chi connectivity index (χ2n) is 3.87. The van der Waals surface area contributed by atoms with Gasteiger partial charge in [-0.3, -0.25) is 9.69 Å². The molecule has 0 aliphatic carbocycles. The minimum atomic E-state index is -0.789. The Morgan fingerprint density at radius 3 is 2.82 bits per heavy atom. The molecule has 1 aromatic rings. The number of nitrogens with zero attached hydrogens (tertiary/aromatic N) is 3. The fourth-order valence-electron chi connectivity index (χ4n) is 1.47. The molecule has 1 heterocycles. The van der Waals surface area contributed by atoms with Gasteiger partial charge >= 0.3 is 5.97 Å². The molecule has 0 saturated carbocycles. The standard InChI is InChI=1S/C11H19N3O3/c1-3-5-10-12-9(13-17-10)8-14(4-2)7-6-11(15)16/h3-8H2,1-2H3,(H,15,16). The lowest BCUT2D eigenvalue weighted by molar-refractivity contribution is -0.137. The number of rotatable bonds is 8. The van der Waals surface area contributed by atoms with Crippen LogP contribution in [0.5, 0.6) is 0 Å². The lowest BCUT2D eigenvalue weighted by atomic mass is 10.3. The summed E-state index contributed by atoms with van der Waals surface area (Å²) in [6.45, 7) is 5.84. The zero-order chi connectivity index (χ0) is 12.7. The molecule has 0 unspecified atom stereocenters. The predicted octanol–water partition coefficient (Wildman–Crippen LogP) is 1.32. The third-order valence-electron chi connectivity index (χ3n) is 2.43. The lowest BCUT2D eigenvalue weighted by Gasteiger charge is -2.16. The average molecular weight is 241 g/mol. The topological polar surface area (TPSA) is 79.5 Å². The highest BCUT2D eigenvalue weighted by Crippen LogP contribution is 2.04. The third-order valence-corrected chi connectivity index (χ3v) is 2.43. The highest BCUT2D eigenvalue weighted by Gasteiger charge is 2.11. The smallest absolute Gasteiger partial charge is 0.304 e. The van der Waals surface area contributed by atoms with Gasteiger partial charge in [0.15, 0.2) is 5.82 Å². The van der Waals surface area contributed by atoms with E-state index in [-0.39, 0.29) is 6.42 Å². The van der Waals surface area contributed by atoms with Gasteiger partial charge in [-0.05, 0) is 13.0 Å². The van der Waals surface area contributed by atoms with Crippen LogP contribution in [-0.2, 0) is 17.8 Å². The molecule has 1 N–H and O–H groups in total. The summed E-state index contributed by atoms with van der Waals surface area (Å²) in [6, 6.07) is 0. The zero-order valence-electron chi connectivity index (χ0n) is 10.3. The van der Waals surface area contributed by atoms with Crippen LogP contribution < -0.4 is 0 Å². The van der Waals surface area contributed by atoms with Crippen molar-refractivity contribution < 1.29 is 14.4 Å². The van der Waals surface area contributed by atoms with Gasteiger partial charge in [0.2, 0.25) is 5.89 Å². The average Bonchev–Trinajstić information content (AvgIpc) is 2.72. The SMILES string of the molecule is CCCc1nc(CN(CC)CCC(=O)O)no1. The molecule has 0 aliphatic heterocycles. The largest absolute Gasteiger partial charge is 0.481 e. The van der Waals surface area contributed by atoms with Gasteiger partial charge in [-0.2, -0.15) is 4.98 Å². The van der Waals surface area contributed by atoms with Gasteiger partial charge < -0.3 is 9.63 Å². The Bertz CT molecular complexity index is 351. The number of hydrogen-bond acceptors (Lipinski definition) is 5. The van der Waals surface area contributed by atoms with E-state index in [1.54, 1.807) is 0 Å². The van der Waals surface area contributed by atoms with Crippen molar-refractivity contribution in [3.63, 3.8) is 0 Å². The Hall–Kier alpha value is -1.43. The van der Waals surface area contributed by atoms with E-state index in [0.717, 1.165) is 19.4 Å². The Labute approximate surface area is 101 Å². The first-order valence-corrected chi connectivity index (χ1v) is 5.91. The summed E-state index contributed by atoms with van der Waals surface area (Å²) >= 11 is 0. The molecule has 0 aliphatic rings. The summed E-state index contributed by atoms with van der Waals surface area (Å²) in [4.78, 5) is 16.7. The molecule has 0 fully saturated rings. The van der Waals surface area contributed by atoms with Crippen LogP contribution in [0.15, 0.2) is 4.52 Å². The van der Waals surface area contributed by atoms with Gasteiger partial charge in [-0.25, -0.2) is 0 Å². The van der Waals surface area contributed by atoms with Crippen LogP contribution in [0.3, 0.4) is 0 Å². The van der Waals surface area contributed by atoms with E-state index in [9.17, 15) is 4.79 Å². The van der Waals surface area contributed by atoms with Crippen molar-refractivity contribution in [1.82, 2.24) is 15.0 Å². The Morgan fingerprint density at radius 1 is 1.47 bits per heavy atom. The number of carbonyl (C=O) groups is 1. The van der Waals surface area contributed by atoms with Crippen LogP contribution >= 0.6 is 0 Å². The maximum atomic E-state index is 10.5. The molecule has 0 radical (unpaired) electrons.